The van der Waals surface area contributed by atoms with Gasteiger partial charge in [0.1, 0.15) is 12.2 Å². The second kappa shape index (κ2) is 5.57. The number of hydrogen-bond acceptors (Lipinski definition) is 5. The van der Waals surface area contributed by atoms with E-state index in [1.807, 2.05) is 20.8 Å². The number of rotatable bonds is 3. The van der Waals surface area contributed by atoms with Crippen LogP contribution in [0.3, 0.4) is 0 Å². The molecule has 7 unspecified atom stereocenters. The van der Waals surface area contributed by atoms with Crippen molar-refractivity contribution in [1.82, 2.24) is 0 Å². The molecule has 1 heterocycles. The first-order valence-corrected chi connectivity index (χ1v) is 9.50. The molecule has 1 saturated heterocycles. The highest BCUT2D eigenvalue weighted by Crippen LogP contribution is 2.63. The maximum Gasteiger partial charge on any atom is 0.310 e. The van der Waals surface area contributed by atoms with E-state index in [1.54, 1.807) is 0 Å². The Labute approximate surface area is 148 Å². The van der Waals surface area contributed by atoms with Crippen LogP contribution < -0.4 is 0 Å². The fourth-order valence-corrected chi connectivity index (χ4v) is 5.82. The van der Waals surface area contributed by atoms with Crippen LogP contribution >= 0.6 is 0 Å². The Kier molecular flexibility index (Phi) is 3.80. The summed E-state index contributed by atoms with van der Waals surface area (Å²) in [6, 6.07) is 0. The van der Waals surface area contributed by atoms with Crippen LogP contribution in [0.4, 0.5) is 0 Å². The van der Waals surface area contributed by atoms with Crippen molar-refractivity contribution in [3.8, 4) is 0 Å². The van der Waals surface area contributed by atoms with Crippen LogP contribution in [0.5, 0.6) is 0 Å². The lowest BCUT2D eigenvalue weighted by Crippen LogP contribution is -2.45. The molecule has 0 aromatic heterocycles. The van der Waals surface area contributed by atoms with Gasteiger partial charge in [-0.3, -0.25) is 9.59 Å². The molecule has 4 bridgehead atoms. The molecule has 1 aliphatic heterocycles. The molecule has 138 valence electrons. The Morgan fingerprint density at radius 1 is 1.40 bits per heavy atom. The minimum absolute atomic E-state index is 0.100. The van der Waals surface area contributed by atoms with Gasteiger partial charge in [0, 0.05) is 6.42 Å². The minimum atomic E-state index is -0.448. The lowest BCUT2D eigenvalue weighted by Gasteiger charge is -2.43. The predicted molar refractivity (Wildman–Crippen MR) is 90.3 cm³/mol. The molecular formula is C20H28O5. The fraction of sp³-hybridized carbons (Fsp3) is 0.800. The Morgan fingerprint density at radius 2 is 2.12 bits per heavy atom. The molecule has 1 N–H and O–H groups in total. The maximum absolute atomic E-state index is 12.5. The van der Waals surface area contributed by atoms with Crippen molar-refractivity contribution in [3.63, 3.8) is 0 Å². The zero-order chi connectivity index (χ0) is 18.1. The van der Waals surface area contributed by atoms with Gasteiger partial charge in [0.2, 0.25) is 0 Å². The maximum atomic E-state index is 12.5. The van der Waals surface area contributed by atoms with Gasteiger partial charge in [-0.1, -0.05) is 20.8 Å². The molecule has 5 heteroatoms. The standard InChI is InChI=1S/C20H28O5/c1-9(2)5-15(22)24-14-8-20(4)7-11-17(14)18(25-19(11)23)16-10(3)13(21)6-12(16)20/h9,11-14,17-18,21H,5-8H2,1-4H3. The van der Waals surface area contributed by atoms with Gasteiger partial charge < -0.3 is 14.6 Å². The molecule has 3 saturated carbocycles. The summed E-state index contributed by atoms with van der Waals surface area (Å²) >= 11 is 0. The van der Waals surface area contributed by atoms with Crippen LogP contribution in [0.25, 0.3) is 0 Å². The normalized spacial score (nSPS) is 44.8. The summed E-state index contributed by atoms with van der Waals surface area (Å²) < 4.78 is 11.6. The van der Waals surface area contributed by atoms with E-state index >= 15 is 0 Å². The molecular weight excluding hydrogens is 320 g/mol. The van der Waals surface area contributed by atoms with E-state index in [4.69, 9.17) is 9.47 Å². The molecule has 0 aromatic rings. The highest BCUT2D eigenvalue weighted by Gasteiger charge is 2.65. The number of carbonyl (C=O) groups excluding carboxylic acids is 2. The Hall–Kier alpha value is -1.36. The summed E-state index contributed by atoms with van der Waals surface area (Å²) in [5, 5.41) is 10.4. The van der Waals surface area contributed by atoms with Crippen molar-refractivity contribution in [2.45, 2.75) is 71.7 Å². The zero-order valence-electron chi connectivity index (χ0n) is 15.5. The van der Waals surface area contributed by atoms with E-state index in [0.29, 0.717) is 12.8 Å². The van der Waals surface area contributed by atoms with Crippen LogP contribution in [-0.4, -0.2) is 35.4 Å². The summed E-state index contributed by atoms with van der Waals surface area (Å²) in [5.74, 6) is -0.174. The molecule has 0 spiro atoms. The lowest BCUT2D eigenvalue weighted by molar-refractivity contribution is -0.160. The molecule has 0 aromatic carbocycles. The average molecular weight is 348 g/mol. The minimum Gasteiger partial charge on any atom is -0.462 e. The van der Waals surface area contributed by atoms with Gasteiger partial charge in [-0.05, 0) is 54.6 Å². The number of ether oxygens (including phenoxy) is 2. The molecule has 5 nitrogen and oxygen atoms in total. The van der Waals surface area contributed by atoms with E-state index in [-0.39, 0.29) is 53.2 Å². The van der Waals surface area contributed by atoms with Gasteiger partial charge in [-0.25, -0.2) is 0 Å². The molecule has 5 aliphatic rings. The third-order valence-electron chi connectivity index (χ3n) is 6.94. The molecule has 0 radical (unpaired) electrons. The monoisotopic (exact) mass is 348 g/mol. The first kappa shape index (κ1) is 17.1. The van der Waals surface area contributed by atoms with E-state index in [0.717, 1.165) is 24.0 Å². The molecule has 4 fully saturated rings. The summed E-state index contributed by atoms with van der Waals surface area (Å²) in [6.45, 7) is 8.14. The Bertz CT molecular complexity index is 650. The largest absolute Gasteiger partial charge is 0.462 e. The Balaban J connectivity index is 1.72. The molecule has 5 rings (SSSR count). The first-order valence-electron chi connectivity index (χ1n) is 9.50. The van der Waals surface area contributed by atoms with Gasteiger partial charge in [-0.15, -0.1) is 0 Å². The number of carbonyl (C=O) groups is 2. The summed E-state index contributed by atoms with van der Waals surface area (Å²) in [6.07, 6.45) is 1.55. The Morgan fingerprint density at radius 3 is 2.80 bits per heavy atom. The summed E-state index contributed by atoms with van der Waals surface area (Å²) in [7, 11) is 0. The van der Waals surface area contributed by atoms with E-state index in [9.17, 15) is 14.7 Å². The number of aliphatic hydroxyl groups is 1. The third-order valence-corrected chi connectivity index (χ3v) is 6.94. The van der Waals surface area contributed by atoms with Crippen molar-refractivity contribution >= 4 is 11.9 Å². The van der Waals surface area contributed by atoms with Gasteiger partial charge in [0.25, 0.3) is 0 Å². The number of fused-ring (bicyclic) bond motifs is 1. The zero-order valence-corrected chi connectivity index (χ0v) is 15.5. The SMILES string of the molecule is CC1=C2C3OC(=O)C4CC(C)(CC(OC(=O)CC(C)C)C43)C2CC1O. The number of aliphatic hydroxyl groups excluding tert-OH is 1. The second-order valence-corrected chi connectivity index (χ2v) is 9.17. The van der Waals surface area contributed by atoms with Crippen molar-refractivity contribution in [1.29, 1.82) is 0 Å². The fourth-order valence-electron chi connectivity index (χ4n) is 5.82. The van der Waals surface area contributed by atoms with E-state index in [2.05, 4.69) is 6.92 Å². The van der Waals surface area contributed by atoms with Crippen LogP contribution in [0, 0.1) is 29.1 Å². The van der Waals surface area contributed by atoms with E-state index < -0.39 is 6.10 Å². The average Bonchev–Trinajstić information content (AvgIpc) is 2.91. The lowest BCUT2D eigenvalue weighted by atomic mass is 9.62. The van der Waals surface area contributed by atoms with Crippen LogP contribution in [0.1, 0.15) is 53.4 Å². The van der Waals surface area contributed by atoms with E-state index in [1.165, 1.54) is 0 Å². The van der Waals surface area contributed by atoms with Crippen molar-refractivity contribution in [3.05, 3.63) is 11.1 Å². The number of hydrogen-bond donors (Lipinski definition) is 1. The summed E-state index contributed by atoms with van der Waals surface area (Å²) in [4.78, 5) is 24.8. The van der Waals surface area contributed by atoms with Gasteiger partial charge >= 0.3 is 11.9 Å². The highest BCUT2D eigenvalue weighted by molar-refractivity contribution is 5.77. The van der Waals surface area contributed by atoms with Crippen LogP contribution in [0.2, 0.25) is 0 Å². The quantitative estimate of drug-likeness (QED) is 0.627. The highest BCUT2D eigenvalue weighted by atomic mass is 16.6. The van der Waals surface area contributed by atoms with Crippen molar-refractivity contribution in [2.75, 3.05) is 0 Å². The second-order valence-electron chi connectivity index (χ2n) is 9.17. The summed E-state index contributed by atoms with van der Waals surface area (Å²) in [5.41, 5.74) is 1.93. The smallest absolute Gasteiger partial charge is 0.310 e. The third kappa shape index (κ3) is 2.46. The predicted octanol–water partition coefficient (Wildman–Crippen LogP) is 2.61. The topological polar surface area (TPSA) is 72.8 Å². The van der Waals surface area contributed by atoms with Gasteiger partial charge in [-0.2, -0.15) is 0 Å². The van der Waals surface area contributed by atoms with Gasteiger partial charge in [0.15, 0.2) is 0 Å². The van der Waals surface area contributed by atoms with Crippen molar-refractivity contribution < 1.29 is 24.2 Å². The van der Waals surface area contributed by atoms with Crippen molar-refractivity contribution in [2.24, 2.45) is 29.1 Å². The van der Waals surface area contributed by atoms with Crippen LogP contribution in [-0.2, 0) is 19.1 Å². The molecule has 25 heavy (non-hydrogen) atoms. The molecule has 0 amide bonds. The van der Waals surface area contributed by atoms with Crippen LogP contribution in [0.15, 0.2) is 11.1 Å². The molecule has 4 aliphatic carbocycles. The molecule has 7 atom stereocenters. The van der Waals surface area contributed by atoms with Gasteiger partial charge in [0.05, 0.1) is 17.9 Å². The first-order chi connectivity index (χ1) is 11.7. The number of esters is 2.